The Bertz CT molecular complexity index is 319. The number of aliphatic hydroxyl groups is 1. The molecule has 8 heteroatoms. The van der Waals surface area contributed by atoms with Gasteiger partial charge in [0.1, 0.15) is 6.04 Å². The molecule has 3 amide bonds. The zero-order chi connectivity index (χ0) is 14.3. The highest BCUT2D eigenvalue weighted by Gasteiger charge is 2.25. The van der Waals surface area contributed by atoms with Gasteiger partial charge < -0.3 is 26.2 Å². The van der Waals surface area contributed by atoms with Gasteiger partial charge in [-0.3, -0.25) is 4.79 Å². The number of nitrogens with one attached hydrogen (secondary N) is 1. The average Bonchev–Trinajstić information content (AvgIpc) is 2.23. The number of carboxylic acids is 1. The summed E-state index contributed by atoms with van der Waals surface area (Å²) >= 11 is 0. The Hall–Kier alpha value is -1.83. The quantitative estimate of drug-likeness (QED) is 0.453. The molecule has 8 nitrogen and oxygen atoms in total. The minimum absolute atomic E-state index is 0.0758. The summed E-state index contributed by atoms with van der Waals surface area (Å²) in [5, 5.41) is 19.8. The Morgan fingerprint density at radius 2 is 1.89 bits per heavy atom. The lowest BCUT2D eigenvalue weighted by Crippen LogP contribution is -2.51. The normalized spacial score (nSPS) is 12.0. The first-order valence-electron chi connectivity index (χ1n) is 5.48. The number of carboxylic acid groups (broad SMARTS) is 1. The first-order chi connectivity index (χ1) is 8.29. The molecule has 0 bridgehead atoms. The van der Waals surface area contributed by atoms with E-state index in [1.165, 1.54) is 4.90 Å². The van der Waals surface area contributed by atoms with Gasteiger partial charge in [-0.25, -0.2) is 9.59 Å². The van der Waals surface area contributed by atoms with Crippen molar-refractivity contribution >= 4 is 17.9 Å². The van der Waals surface area contributed by atoms with Crippen LogP contribution in [-0.4, -0.2) is 58.3 Å². The molecule has 5 N–H and O–H groups in total. The van der Waals surface area contributed by atoms with Crippen LogP contribution in [0.2, 0.25) is 0 Å². The second-order valence-electron chi connectivity index (χ2n) is 4.02. The lowest BCUT2D eigenvalue weighted by Gasteiger charge is -2.27. The van der Waals surface area contributed by atoms with E-state index in [0.29, 0.717) is 0 Å². The van der Waals surface area contributed by atoms with Gasteiger partial charge in [0, 0.05) is 12.6 Å². The first-order valence-corrected chi connectivity index (χ1v) is 5.48. The van der Waals surface area contributed by atoms with Crippen molar-refractivity contribution in [1.82, 2.24) is 10.2 Å². The number of nitrogens with two attached hydrogens (primary N) is 1. The molecule has 104 valence electrons. The van der Waals surface area contributed by atoms with E-state index in [0.717, 1.165) is 0 Å². The average molecular weight is 261 g/mol. The number of amides is 3. The topological polar surface area (TPSA) is 133 Å². The Balaban J connectivity index is 4.65. The van der Waals surface area contributed by atoms with E-state index >= 15 is 0 Å². The van der Waals surface area contributed by atoms with Crippen LogP contribution in [0.1, 0.15) is 20.3 Å². The molecule has 0 rings (SSSR count). The van der Waals surface area contributed by atoms with Gasteiger partial charge in [-0.15, -0.1) is 0 Å². The lowest BCUT2D eigenvalue weighted by molar-refractivity contribution is -0.141. The van der Waals surface area contributed by atoms with Crippen LogP contribution in [0.15, 0.2) is 0 Å². The lowest BCUT2D eigenvalue weighted by atomic mass is 10.2. The highest BCUT2D eigenvalue weighted by atomic mass is 16.4. The second kappa shape index (κ2) is 7.49. The Morgan fingerprint density at radius 3 is 2.22 bits per heavy atom. The number of carbonyl (C=O) groups excluding carboxylic acids is 2. The molecule has 0 aliphatic carbocycles. The summed E-state index contributed by atoms with van der Waals surface area (Å²) in [5.41, 5.74) is 4.89. The number of nitrogens with zero attached hydrogens (tertiary/aromatic N) is 1. The number of hydrogen-bond donors (Lipinski definition) is 4. The molecular weight excluding hydrogens is 242 g/mol. The van der Waals surface area contributed by atoms with Gasteiger partial charge in [-0.05, 0) is 13.8 Å². The number of aliphatic hydroxyl groups excluding tert-OH is 1. The SMILES string of the molecule is CC(C)N(CCO)C(=O)NC(CC(N)=O)C(=O)O. The fraction of sp³-hybridized carbons (Fsp3) is 0.700. The predicted molar refractivity (Wildman–Crippen MR) is 62.7 cm³/mol. The molecular formula is C10H19N3O5. The monoisotopic (exact) mass is 261 g/mol. The fourth-order valence-electron chi connectivity index (χ4n) is 1.34. The van der Waals surface area contributed by atoms with Crippen LogP contribution in [-0.2, 0) is 9.59 Å². The standard InChI is InChI=1S/C10H19N3O5/c1-6(2)13(3-4-14)10(18)12-7(9(16)17)5-8(11)15/h6-7,14H,3-5H2,1-2H3,(H2,11,15)(H,12,18)(H,16,17). The van der Waals surface area contributed by atoms with Crippen molar-refractivity contribution in [3.63, 3.8) is 0 Å². The van der Waals surface area contributed by atoms with E-state index in [1.807, 2.05) is 0 Å². The first kappa shape index (κ1) is 16.2. The molecule has 0 heterocycles. The maximum atomic E-state index is 11.8. The molecule has 0 aliphatic rings. The molecule has 0 aromatic rings. The van der Waals surface area contributed by atoms with E-state index in [2.05, 4.69) is 5.32 Å². The predicted octanol–water partition coefficient (Wildman–Crippen LogP) is -1.27. The molecule has 0 aromatic heterocycles. The third-order valence-electron chi connectivity index (χ3n) is 2.23. The van der Waals surface area contributed by atoms with Crippen LogP contribution < -0.4 is 11.1 Å². The van der Waals surface area contributed by atoms with E-state index in [9.17, 15) is 14.4 Å². The van der Waals surface area contributed by atoms with Crippen LogP contribution >= 0.6 is 0 Å². The number of primary amides is 1. The molecule has 0 radical (unpaired) electrons. The molecule has 18 heavy (non-hydrogen) atoms. The number of aliphatic carboxylic acids is 1. The molecule has 0 saturated heterocycles. The number of rotatable bonds is 7. The summed E-state index contributed by atoms with van der Waals surface area (Å²) < 4.78 is 0. The summed E-state index contributed by atoms with van der Waals surface area (Å²) in [6.07, 6.45) is -0.480. The van der Waals surface area contributed by atoms with Gasteiger partial charge in [0.2, 0.25) is 5.91 Å². The van der Waals surface area contributed by atoms with Gasteiger partial charge in [0.25, 0.3) is 0 Å². The highest BCUT2D eigenvalue weighted by molar-refractivity contribution is 5.87. The van der Waals surface area contributed by atoms with E-state index in [-0.39, 0.29) is 19.2 Å². The Morgan fingerprint density at radius 1 is 1.33 bits per heavy atom. The number of hydrogen-bond acceptors (Lipinski definition) is 4. The van der Waals surface area contributed by atoms with Crippen LogP contribution in [0.25, 0.3) is 0 Å². The van der Waals surface area contributed by atoms with E-state index in [4.69, 9.17) is 15.9 Å². The molecule has 0 saturated carbocycles. The van der Waals surface area contributed by atoms with E-state index in [1.54, 1.807) is 13.8 Å². The van der Waals surface area contributed by atoms with Crippen LogP contribution in [0.4, 0.5) is 4.79 Å². The second-order valence-corrected chi connectivity index (χ2v) is 4.02. The smallest absolute Gasteiger partial charge is 0.326 e. The van der Waals surface area contributed by atoms with Crippen molar-refractivity contribution in [2.45, 2.75) is 32.4 Å². The van der Waals surface area contributed by atoms with Crippen molar-refractivity contribution in [1.29, 1.82) is 0 Å². The highest BCUT2D eigenvalue weighted by Crippen LogP contribution is 2.00. The zero-order valence-corrected chi connectivity index (χ0v) is 10.4. The summed E-state index contributed by atoms with van der Waals surface area (Å²) in [6, 6.07) is -2.23. The van der Waals surface area contributed by atoms with Gasteiger partial charge in [0.05, 0.1) is 13.0 Å². The summed E-state index contributed by atoms with van der Waals surface area (Å²) in [4.78, 5) is 34.5. The minimum Gasteiger partial charge on any atom is -0.480 e. The maximum absolute atomic E-state index is 11.8. The third kappa shape index (κ3) is 5.48. The van der Waals surface area contributed by atoms with Crippen LogP contribution in [0.3, 0.4) is 0 Å². The minimum atomic E-state index is -1.37. The molecule has 1 atom stereocenters. The number of carbonyl (C=O) groups is 3. The molecule has 0 aliphatic heterocycles. The molecule has 0 spiro atoms. The van der Waals surface area contributed by atoms with Gasteiger partial charge in [-0.1, -0.05) is 0 Å². The zero-order valence-electron chi connectivity index (χ0n) is 10.4. The summed E-state index contributed by atoms with van der Waals surface area (Å²) in [6.45, 7) is 3.28. The maximum Gasteiger partial charge on any atom is 0.326 e. The Labute approximate surface area is 105 Å². The summed E-state index contributed by atoms with van der Waals surface area (Å²) in [5.74, 6) is -2.16. The van der Waals surface area contributed by atoms with Crippen molar-refractivity contribution in [2.75, 3.05) is 13.2 Å². The Kier molecular flexibility index (Phi) is 6.73. The van der Waals surface area contributed by atoms with Crippen LogP contribution in [0, 0.1) is 0 Å². The van der Waals surface area contributed by atoms with Gasteiger partial charge in [-0.2, -0.15) is 0 Å². The summed E-state index contributed by atoms with van der Waals surface area (Å²) in [7, 11) is 0. The van der Waals surface area contributed by atoms with Crippen molar-refractivity contribution in [3.8, 4) is 0 Å². The molecule has 0 fully saturated rings. The number of urea groups is 1. The van der Waals surface area contributed by atoms with Crippen molar-refractivity contribution in [2.24, 2.45) is 5.73 Å². The van der Waals surface area contributed by atoms with Gasteiger partial charge >= 0.3 is 12.0 Å². The van der Waals surface area contributed by atoms with Crippen LogP contribution in [0.5, 0.6) is 0 Å². The molecule has 1 unspecified atom stereocenters. The largest absolute Gasteiger partial charge is 0.480 e. The van der Waals surface area contributed by atoms with Crippen molar-refractivity contribution in [3.05, 3.63) is 0 Å². The third-order valence-corrected chi connectivity index (χ3v) is 2.23. The molecule has 0 aromatic carbocycles. The fourth-order valence-corrected chi connectivity index (χ4v) is 1.34. The van der Waals surface area contributed by atoms with E-state index < -0.39 is 30.4 Å². The van der Waals surface area contributed by atoms with Gasteiger partial charge in [0.15, 0.2) is 0 Å². The van der Waals surface area contributed by atoms with Crippen molar-refractivity contribution < 1.29 is 24.6 Å².